The smallest absolute Gasteiger partial charge is 0.310 e. The van der Waals surface area contributed by atoms with Crippen molar-refractivity contribution in [2.75, 3.05) is 12.3 Å². The van der Waals surface area contributed by atoms with Gasteiger partial charge in [-0.15, -0.1) is 0 Å². The maximum Gasteiger partial charge on any atom is 0.310 e. The zero-order chi connectivity index (χ0) is 12.1. The molecule has 0 fully saturated rings. The molecule has 0 aliphatic heterocycles. The molecular formula is C10H12F2N2O2. The number of hydrogen-bond acceptors (Lipinski definition) is 4. The van der Waals surface area contributed by atoms with E-state index in [-0.39, 0.29) is 24.3 Å². The average molecular weight is 230 g/mol. The van der Waals surface area contributed by atoms with Crippen LogP contribution < -0.4 is 5.73 Å². The van der Waals surface area contributed by atoms with E-state index in [1.54, 1.807) is 6.92 Å². The lowest BCUT2D eigenvalue weighted by Crippen LogP contribution is -2.11. The van der Waals surface area contributed by atoms with E-state index < -0.39 is 18.1 Å². The molecule has 0 bridgehead atoms. The van der Waals surface area contributed by atoms with Crippen LogP contribution in [-0.4, -0.2) is 17.6 Å². The van der Waals surface area contributed by atoms with Gasteiger partial charge in [0.15, 0.2) is 0 Å². The predicted octanol–water partition coefficient (Wildman–Crippen LogP) is 1.71. The standard InChI is InChI=1S/C10H12F2N2O2/c1-2-16-8(15)4-6-3-7(13)5-14-9(6)10(11)12/h3,5,10H,2,4,13H2,1H3. The molecule has 0 spiro atoms. The molecule has 1 aromatic rings. The first kappa shape index (κ1) is 12.4. The Labute approximate surface area is 91.4 Å². The first-order chi connectivity index (χ1) is 7.54. The summed E-state index contributed by atoms with van der Waals surface area (Å²) in [7, 11) is 0. The maximum atomic E-state index is 12.5. The highest BCUT2D eigenvalue weighted by molar-refractivity contribution is 5.73. The van der Waals surface area contributed by atoms with Crippen molar-refractivity contribution >= 4 is 11.7 Å². The highest BCUT2D eigenvalue weighted by Gasteiger charge is 2.17. The van der Waals surface area contributed by atoms with Crippen molar-refractivity contribution in [3.05, 3.63) is 23.5 Å². The van der Waals surface area contributed by atoms with E-state index in [2.05, 4.69) is 9.72 Å². The lowest BCUT2D eigenvalue weighted by molar-refractivity contribution is -0.142. The average Bonchev–Trinajstić information content (AvgIpc) is 2.17. The van der Waals surface area contributed by atoms with E-state index in [0.29, 0.717) is 0 Å². The highest BCUT2D eigenvalue weighted by atomic mass is 19.3. The van der Waals surface area contributed by atoms with E-state index in [1.807, 2.05) is 0 Å². The summed E-state index contributed by atoms with van der Waals surface area (Å²) in [6, 6.07) is 1.31. The van der Waals surface area contributed by atoms with Gasteiger partial charge >= 0.3 is 5.97 Å². The first-order valence-electron chi connectivity index (χ1n) is 4.72. The molecule has 1 aromatic heterocycles. The molecule has 0 saturated carbocycles. The molecular weight excluding hydrogens is 218 g/mol. The van der Waals surface area contributed by atoms with Gasteiger partial charge in [0.2, 0.25) is 0 Å². The van der Waals surface area contributed by atoms with Gasteiger partial charge in [-0.1, -0.05) is 0 Å². The van der Waals surface area contributed by atoms with E-state index >= 15 is 0 Å². The summed E-state index contributed by atoms with van der Waals surface area (Å²) < 4.78 is 29.7. The largest absolute Gasteiger partial charge is 0.466 e. The molecule has 0 aromatic carbocycles. The number of nitrogens with zero attached hydrogens (tertiary/aromatic N) is 1. The first-order valence-corrected chi connectivity index (χ1v) is 4.72. The Balaban J connectivity index is 2.92. The highest BCUT2D eigenvalue weighted by Crippen LogP contribution is 2.22. The number of anilines is 1. The van der Waals surface area contributed by atoms with Crippen LogP contribution >= 0.6 is 0 Å². The zero-order valence-corrected chi connectivity index (χ0v) is 8.74. The van der Waals surface area contributed by atoms with Gasteiger partial charge in [0.05, 0.1) is 24.9 Å². The molecule has 0 amide bonds. The molecule has 0 atom stereocenters. The van der Waals surface area contributed by atoms with Crippen LogP contribution in [0.5, 0.6) is 0 Å². The van der Waals surface area contributed by atoms with Crippen LogP contribution in [0.4, 0.5) is 14.5 Å². The van der Waals surface area contributed by atoms with Crippen LogP contribution in [0.25, 0.3) is 0 Å². The van der Waals surface area contributed by atoms with E-state index in [9.17, 15) is 13.6 Å². The lowest BCUT2D eigenvalue weighted by Gasteiger charge is -2.08. The number of halogens is 2. The predicted molar refractivity (Wildman–Crippen MR) is 53.9 cm³/mol. The van der Waals surface area contributed by atoms with Crippen molar-refractivity contribution in [3.8, 4) is 0 Å². The van der Waals surface area contributed by atoms with E-state index in [0.717, 1.165) is 6.20 Å². The molecule has 0 unspecified atom stereocenters. The third-order valence-electron chi connectivity index (χ3n) is 1.87. The SMILES string of the molecule is CCOC(=O)Cc1cc(N)cnc1C(F)F. The number of aromatic nitrogens is 1. The second-order valence-electron chi connectivity index (χ2n) is 3.10. The Hall–Kier alpha value is -1.72. The van der Waals surface area contributed by atoms with Crippen LogP contribution in [0, 0.1) is 0 Å². The summed E-state index contributed by atoms with van der Waals surface area (Å²) in [4.78, 5) is 14.7. The minimum atomic E-state index is -2.73. The summed E-state index contributed by atoms with van der Waals surface area (Å²) in [6.07, 6.45) is -1.84. The van der Waals surface area contributed by atoms with Gasteiger partial charge < -0.3 is 10.5 Å². The number of alkyl halides is 2. The van der Waals surface area contributed by atoms with Crippen LogP contribution in [0.2, 0.25) is 0 Å². The summed E-state index contributed by atoms with van der Waals surface area (Å²) in [6.45, 7) is 1.85. The summed E-state index contributed by atoms with van der Waals surface area (Å²) in [5.74, 6) is -0.572. The normalized spacial score (nSPS) is 10.5. The fourth-order valence-electron chi connectivity index (χ4n) is 1.24. The molecule has 1 heterocycles. The van der Waals surface area contributed by atoms with Crippen molar-refractivity contribution in [1.29, 1.82) is 0 Å². The molecule has 4 nitrogen and oxygen atoms in total. The number of pyridine rings is 1. The van der Waals surface area contributed by atoms with Crippen molar-refractivity contribution in [2.24, 2.45) is 0 Å². The van der Waals surface area contributed by atoms with E-state index in [4.69, 9.17) is 5.73 Å². The minimum absolute atomic E-state index is 0.105. The summed E-state index contributed by atoms with van der Waals surface area (Å²) in [5, 5.41) is 0. The zero-order valence-electron chi connectivity index (χ0n) is 8.74. The number of nitrogens with two attached hydrogens (primary N) is 1. The number of carbonyl (C=O) groups is 1. The van der Waals surface area contributed by atoms with Gasteiger partial charge in [-0.3, -0.25) is 9.78 Å². The fraction of sp³-hybridized carbons (Fsp3) is 0.400. The monoisotopic (exact) mass is 230 g/mol. The molecule has 0 saturated heterocycles. The fourth-order valence-corrected chi connectivity index (χ4v) is 1.24. The Morgan fingerprint density at radius 2 is 2.31 bits per heavy atom. The van der Waals surface area contributed by atoms with Crippen LogP contribution in [-0.2, 0) is 16.0 Å². The van der Waals surface area contributed by atoms with Gasteiger partial charge in [0, 0.05) is 0 Å². The third-order valence-corrected chi connectivity index (χ3v) is 1.87. The molecule has 0 aliphatic rings. The van der Waals surface area contributed by atoms with Gasteiger partial charge in [-0.25, -0.2) is 8.78 Å². The Morgan fingerprint density at radius 3 is 2.88 bits per heavy atom. The van der Waals surface area contributed by atoms with Crippen molar-refractivity contribution in [1.82, 2.24) is 4.98 Å². The third kappa shape index (κ3) is 3.15. The molecule has 2 N–H and O–H groups in total. The Morgan fingerprint density at radius 1 is 1.62 bits per heavy atom. The van der Waals surface area contributed by atoms with E-state index in [1.165, 1.54) is 6.07 Å². The van der Waals surface area contributed by atoms with Crippen LogP contribution in [0.1, 0.15) is 24.6 Å². The quantitative estimate of drug-likeness (QED) is 0.799. The lowest BCUT2D eigenvalue weighted by atomic mass is 10.1. The second-order valence-corrected chi connectivity index (χ2v) is 3.10. The number of carbonyl (C=O) groups excluding carboxylic acids is 1. The molecule has 88 valence electrons. The molecule has 1 rings (SSSR count). The maximum absolute atomic E-state index is 12.5. The van der Waals surface area contributed by atoms with Crippen LogP contribution in [0.15, 0.2) is 12.3 Å². The summed E-state index contributed by atoms with van der Waals surface area (Å²) in [5.41, 5.74) is 5.33. The number of rotatable bonds is 4. The van der Waals surface area contributed by atoms with Crippen molar-refractivity contribution in [2.45, 2.75) is 19.8 Å². The Kier molecular flexibility index (Phi) is 4.16. The number of nitrogen functional groups attached to an aromatic ring is 1. The Bertz CT molecular complexity index is 383. The molecule has 16 heavy (non-hydrogen) atoms. The molecule has 0 radical (unpaired) electrons. The number of hydrogen-bond donors (Lipinski definition) is 1. The van der Waals surface area contributed by atoms with Crippen LogP contribution in [0.3, 0.4) is 0 Å². The van der Waals surface area contributed by atoms with Gasteiger partial charge in [-0.2, -0.15) is 0 Å². The second kappa shape index (κ2) is 5.39. The summed E-state index contributed by atoms with van der Waals surface area (Å²) >= 11 is 0. The number of esters is 1. The topological polar surface area (TPSA) is 65.2 Å². The van der Waals surface area contributed by atoms with Gasteiger partial charge in [0.1, 0.15) is 5.69 Å². The van der Waals surface area contributed by atoms with Crippen molar-refractivity contribution in [3.63, 3.8) is 0 Å². The van der Waals surface area contributed by atoms with Crippen molar-refractivity contribution < 1.29 is 18.3 Å². The van der Waals surface area contributed by atoms with Gasteiger partial charge in [0.25, 0.3) is 6.43 Å². The molecule has 0 aliphatic carbocycles. The van der Waals surface area contributed by atoms with Gasteiger partial charge in [-0.05, 0) is 18.6 Å². The molecule has 6 heteroatoms. The number of ether oxygens (including phenoxy) is 1. The minimum Gasteiger partial charge on any atom is -0.466 e.